The van der Waals surface area contributed by atoms with Gasteiger partial charge >= 0.3 is 5.97 Å². The van der Waals surface area contributed by atoms with Gasteiger partial charge in [-0.2, -0.15) is 0 Å². The molecule has 1 aliphatic heterocycles. The van der Waals surface area contributed by atoms with Crippen molar-refractivity contribution in [3.8, 4) is 11.5 Å². The number of ketones is 1. The van der Waals surface area contributed by atoms with Crippen molar-refractivity contribution in [3.05, 3.63) is 33.4 Å². The van der Waals surface area contributed by atoms with Gasteiger partial charge in [0.15, 0.2) is 17.3 Å². The first kappa shape index (κ1) is 21.5. The minimum Gasteiger partial charge on any atom is -0.503 e. The molecule has 0 fully saturated rings. The van der Waals surface area contributed by atoms with Gasteiger partial charge in [0, 0.05) is 36.4 Å². The lowest BCUT2D eigenvalue weighted by molar-refractivity contribution is -0.147. The quantitative estimate of drug-likeness (QED) is 0.509. The number of hydrogen-bond donors (Lipinski definition) is 1. The SMILES string of the molecule is COCCOC(=O)C1C(C)=NC2=C(C(=O)CCC2)[C@@H]1c1cc(Br)c(O)c(OC)c1. The molecular weight excluding hydrogens is 442 g/mol. The summed E-state index contributed by atoms with van der Waals surface area (Å²) in [5, 5.41) is 10.2. The number of halogens is 1. The maximum Gasteiger partial charge on any atom is 0.315 e. The van der Waals surface area contributed by atoms with Gasteiger partial charge in [0.1, 0.15) is 12.5 Å². The van der Waals surface area contributed by atoms with E-state index in [-0.39, 0.29) is 30.5 Å². The van der Waals surface area contributed by atoms with Gasteiger partial charge in [0.2, 0.25) is 0 Å². The summed E-state index contributed by atoms with van der Waals surface area (Å²) in [6, 6.07) is 3.37. The standard InChI is InChI=1S/C21H24BrNO6/c1-11-17(21(26)29-8-7-27-2)18(19-14(23-11)5-4-6-15(19)24)12-9-13(22)20(25)16(10-12)28-3/h9-10,17-18,25H,4-8H2,1-3H3/t17?,18-/m1/s1. The van der Waals surface area contributed by atoms with E-state index in [1.54, 1.807) is 19.1 Å². The molecule has 1 heterocycles. The molecule has 3 rings (SSSR count). The third-order valence-electron chi connectivity index (χ3n) is 5.25. The van der Waals surface area contributed by atoms with Crippen LogP contribution in [0, 0.1) is 5.92 Å². The number of rotatable bonds is 6. The number of aromatic hydroxyl groups is 1. The summed E-state index contributed by atoms with van der Waals surface area (Å²) in [4.78, 5) is 30.4. The van der Waals surface area contributed by atoms with E-state index in [1.165, 1.54) is 14.2 Å². The van der Waals surface area contributed by atoms with Crippen molar-refractivity contribution >= 4 is 33.4 Å². The molecule has 0 saturated heterocycles. The van der Waals surface area contributed by atoms with Gasteiger partial charge in [-0.1, -0.05) is 0 Å². The third-order valence-corrected chi connectivity index (χ3v) is 5.85. The number of phenolic OH excluding ortho intramolecular Hbond substituents is 1. The van der Waals surface area contributed by atoms with Crippen LogP contribution in [-0.4, -0.2) is 50.0 Å². The minimum absolute atomic E-state index is 0.00893. The number of phenols is 1. The molecule has 1 aromatic carbocycles. The maximum absolute atomic E-state index is 13.0. The van der Waals surface area contributed by atoms with Gasteiger partial charge in [-0.05, 0) is 53.4 Å². The van der Waals surface area contributed by atoms with Gasteiger partial charge < -0.3 is 19.3 Å². The Labute approximate surface area is 177 Å². The van der Waals surface area contributed by atoms with Crippen LogP contribution in [0.3, 0.4) is 0 Å². The summed E-state index contributed by atoms with van der Waals surface area (Å²) >= 11 is 3.34. The fraction of sp³-hybridized carbons (Fsp3) is 0.476. The summed E-state index contributed by atoms with van der Waals surface area (Å²) in [7, 11) is 2.98. The molecule has 0 bridgehead atoms. The average Bonchev–Trinajstić information content (AvgIpc) is 2.69. The highest BCUT2D eigenvalue weighted by molar-refractivity contribution is 9.10. The molecule has 0 radical (unpaired) electrons. The van der Waals surface area contributed by atoms with E-state index in [2.05, 4.69) is 20.9 Å². The van der Waals surface area contributed by atoms with E-state index in [0.717, 1.165) is 12.1 Å². The highest BCUT2D eigenvalue weighted by Crippen LogP contribution is 2.46. The Hall–Kier alpha value is -2.19. The first-order valence-corrected chi connectivity index (χ1v) is 10.2. The molecule has 29 heavy (non-hydrogen) atoms. The summed E-state index contributed by atoms with van der Waals surface area (Å²) in [6.07, 6.45) is 1.86. The van der Waals surface area contributed by atoms with Crippen LogP contribution in [-0.2, 0) is 19.1 Å². The number of benzene rings is 1. The molecule has 1 N–H and O–H groups in total. The number of allylic oxidation sites excluding steroid dienone is 2. The summed E-state index contributed by atoms with van der Waals surface area (Å²) in [5.41, 5.74) is 2.56. The van der Waals surface area contributed by atoms with Crippen LogP contribution in [0.5, 0.6) is 11.5 Å². The van der Waals surface area contributed by atoms with Crippen molar-refractivity contribution in [2.24, 2.45) is 10.9 Å². The Balaban J connectivity index is 2.12. The van der Waals surface area contributed by atoms with E-state index in [0.29, 0.717) is 34.2 Å². The second-order valence-electron chi connectivity index (χ2n) is 7.06. The number of Topliss-reactive ketones (excluding diaryl/α,β-unsaturated/α-hetero) is 1. The molecule has 7 nitrogen and oxygen atoms in total. The summed E-state index contributed by atoms with van der Waals surface area (Å²) in [6.45, 7) is 2.18. The predicted octanol–water partition coefficient (Wildman–Crippen LogP) is 3.53. The smallest absolute Gasteiger partial charge is 0.315 e. The van der Waals surface area contributed by atoms with Crippen molar-refractivity contribution in [1.82, 2.24) is 0 Å². The second kappa shape index (κ2) is 9.09. The molecule has 156 valence electrons. The number of aliphatic imine (C=N–C) groups is 1. The highest BCUT2D eigenvalue weighted by atomic mass is 79.9. The number of hydrogen-bond acceptors (Lipinski definition) is 7. The van der Waals surface area contributed by atoms with Crippen molar-refractivity contribution in [1.29, 1.82) is 0 Å². The molecule has 2 atom stereocenters. The van der Waals surface area contributed by atoms with Crippen LogP contribution in [0.15, 0.2) is 32.9 Å². The predicted molar refractivity (Wildman–Crippen MR) is 110 cm³/mol. The molecule has 0 spiro atoms. The van der Waals surface area contributed by atoms with Crippen LogP contribution in [0.1, 0.15) is 37.7 Å². The lowest BCUT2D eigenvalue weighted by atomic mass is 9.71. The third kappa shape index (κ3) is 4.23. The summed E-state index contributed by atoms with van der Waals surface area (Å²) in [5.74, 6) is -1.55. The van der Waals surface area contributed by atoms with Gasteiger partial charge in [-0.3, -0.25) is 14.6 Å². The van der Waals surface area contributed by atoms with Crippen molar-refractivity contribution in [3.63, 3.8) is 0 Å². The van der Waals surface area contributed by atoms with Crippen LogP contribution >= 0.6 is 15.9 Å². The van der Waals surface area contributed by atoms with Crippen molar-refractivity contribution in [2.45, 2.75) is 32.1 Å². The molecule has 0 saturated carbocycles. The van der Waals surface area contributed by atoms with Gasteiger partial charge in [0.05, 0.1) is 18.2 Å². The fourth-order valence-electron chi connectivity index (χ4n) is 3.92. The Morgan fingerprint density at radius 2 is 2.03 bits per heavy atom. The molecule has 0 amide bonds. The van der Waals surface area contributed by atoms with Crippen molar-refractivity contribution in [2.75, 3.05) is 27.4 Å². The van der Waals surface area contributed by atoms with E-state index in [1.807, 2.05) is 0 Å². The van der Waals surface area contributed by atoms with E-state index >= 15 is 0 Å². The highest BCUT2D eigenvalue weighted by Gasteiger charge is 2.43. The van der Waals surface area contributed by atoms with Crippen LogP contribution in [0.25, 0.3) is 0 Å². The Bertz CT molecular complexity index is 891. The number of carbonyl (C=O) groups is 2. The van der Waals surface area contributed by atoms with Crippen LogP contribution < -0.4 is 4.74 Å². The maximum atomic E-state index is 13.0. The number of nitrogens with zero attached hydrogens (tertiary/aromatic N) is 1. The summed E-state index contributed by atoms with van der Waals surface area (Å²) < 4.78 is 16.1. The van der Waals surface area contributed by atoms with Gasteiger partial charge in [-0.15, -0.1) is 0 Å². The van der Waals surface area contributed by atoms with E-state index in [4.69, 9.17) is 14.2 Å². The topological polar surface area (TPSA) is 94.4 Å². The molecular formula is C21H24BrNO6. The Morgan fingerprint density at radius 3 is 2.72 bits per heavy atom. The fourth-order valence-corrected chi connectivity index (χ4v) is 4.38. The van der Waals surface area contributed by atoms with E-state index < -0.39 is 17.8 Å². The van der Waals surface area contributed by atoms with Gasteiger partial charge in [0.25, 0.3) is 0 Å². The van der Waals surface area contributed by atoms with Crippen molar-refractivity contribution < 1.29 is 28.9 Å². The molecule has 1 unspecified atom stereocenters. The molecule has 0 aromatic heterocycles. The molecule has 2 aliphatic rings. The van der Waals surface area contributed by atoms with Gasteiger partial charge in [-0.25, -0.2) is 0 Å². The first-order chi connectivity index (χ1) is 13.9. The zero-order valence-corrected chi connectivity index (χ0v) is 18.2. The molecule has 1 aliphatic carbocycles. The second-order valence-corrected chi connectivity index (χ2v) is 7.91. The van der Waals surface area contributed by atoms with E-state index in [9.17, 15) is 14.7 Å². The molecule has 8 heteroatoms. The number of carbonyl (C=O) groups excluding carboxylic acids is 2. The van der Waals surface area contributed by atoms with Crippen LogP contribution in [0.4, 0.5) is 0 Å². The monoisotopic (exact) mass is 465 g/mol. The zero-order chi connectivity index (χ0) is 21.1. The Kier molecular flexibility index (Phi) is 6.74. The van der Waals surface area contributed by atoms with Crippen LogP contribution in [0.2, 0.25) is 0 Å². The average molecular weight is 466 g/mol. The number of esters is 1. The Morgan fingerprint density at radius 1 is 1.28 bits per heavy atom. The molecule has 1 aromatic rings. The minimum atomic E-state index is -0.742. The lowest BCUT2D eigenvalue weighted by Crippen LogP contribution is -2.37. The number of ether oxygens (including phenoxy) is 3. The largest absolute Gasteiger partial charge is 0.503 e. The first-order valence-electron chi connectivity index (χ1n) is 9.42. The number of methoxy groups -OCH3 is 2. The zero-order valence-electron chi connectivity index (χ0n) is 16.7. The lowest BCUT2D eigenvalue weighted by Gasteiger charge is -2.34. The normalized spacial score (nSPS) is 21.5.